The van der Waals surface area contributed by atoms with Gasteiger partial charge in [0.05, 0.1) is 0 Å². The van der Waals surface area contributed by atoms with Crippen molar-refractivity contribution in [1.29, 1.82) is 0 Å². The first kappa shape index (κ1) is 9.89. The Labute approximate surface area is 78.5 Å². The zero-order chi connectivity index (χ0) is 9.03. The van der Waals surface area contributed by atoms with E-state index in [1.807, 2.05) is 44.7 Å². The summed E-state index contributed by atoms with van der Waals surface area (Å²) in [4.78, 5) is 0. The maximum atomic E-state index is 10.6. The summed E-state index contributed by atoms with van der Waals surface area (Å²) in [5.41, 5.74) is 0.870. The Hall–Kier alpha value is -0.191. The van der Waals surface area contributed by atoms with Crippen LogP contribution in [0.15, 0.2) is 30.3 Å². The third kappa shape index (κ3) is 3.99. The van der Waals surface area contributed by atoms with Crippen LogP contribution in [0, 0.1) is 0 Å². The van der Waals surface area contributed by atoms with Crippen LogP contribution in [0.1, 0.15) is 5.56 Å². The number of benzene rings is 1. The van der Waals surface area contributed by atoms with E-state index in [2.05, 4.69) is 4.18 Å². The molecule has 0 aliphatic rings. The molecule has 0 radical (unpaired) electrons. The topological polar surface area (TPSA) is 46.5 Å². The molecule has 1 unspecified atom stereocenters. The molecule has 1 aromatic carbocycles. The summed E-state index contributed by atoms with van der Waals surface area (Å²) in [5.74, 6) is 0. The Kier molecular flexibility index (Phi) is 3.43. The Morgan fingerprint density at radius 2 is 2.00 bits per heavy atom. The molecule has 3 nitrogen and oxygen atoms in total. The van der Waals surface area contributed by atoms with Gasteiger partial charge in [-0.15, -0.1) is 0 Å². The molecule has 5 heteroatoms. The Bertz CT molecular complexity index is 333. The molecule has 1 N–H and O–H groups in total. The van der Waals surface area contributed by atoms with Gasteiger partial charge in [-0.3, -0.25) is 0 Å². The molecule has 0 aromatic heterocycles. The molecule has 0 spiro atoms. The fourth-order valence-corrected chi connectivity index (χ4v) is 1.30. The summed E-state index contributed by atoms with van der Waals surface area (Å²) in [5, 5.41) is 0. The minimum absolute atomic E-state index is 0.142. The molecule has 0 saturated heterocycles. The van der Waals surface area contributed by atoms with Crippen molar-refractivity contribution < 1.29 is 12.9 Å². The summed E-state index contributed by atoms with van der Waals surface area (Å²) in [6.07, 6.45) is 0. The Morgan fingerprint density at radius 1 is 1.42 bits per heavy atom. The number of hydrogen-bond donors (Lipinski definition) is 1. The zero-order valence-corrected chi connectivity index (χ0v) is 8.70. The second kappa shape index (κ2) is 4.16. The average molecular weight is 251 g/mol. The van der Waals surface area contributed by atoms with Crippen LogP contribution in [0.2, 0.25) is 0 Å². The summed E-state index contributed by atoms with van der Waals surface area (Å²) in [6, 6.07) is 9.21. The molecule has 66 valence electrons. The second-order valence-electron chi connectivity index (χ2n) is 2.18. The van der Waals surface area contributed by atoms with Gasteiger partial charge < -0.3 is 0 Å². The Balaban J connectivity index is 2.56. The van der Waals surface area contributed by atoms with Crippen LogP contribution in [-0.2, 0) is 19.2 Å². The first-order valence-electron chi connectivity index (χ1n) is 3.24. The minimum atomic E-state index is -3.20. The molecule has 0 amide bonds. The monoisotopic (exact) mass is 252 g/mol. The molecule has 0 aliphatic heterocycles. The molecule has 1 atom stereocenters. The van der Waals surface area contributed by atoms with Gasteiger partial charge in [0.2, 0.25) is 0 Å². The third-order valence-electron chi connectivity index (χ3n) is 1.22. The summed E-state index contributed by atoms with van der Waals surface area (Å²) in [7, 11) is -3.20. The van der Waals surface area contributed by atoms with E-state index in [4.69, 9.17) is 4.55 Å². The normalized spacial score (nSPS) is 15.4. The standard InChI is InChI=1S/C7H8O3SSe/c8-11(9,12)10-6-7-4-2-1-3-5-7/h1-5H,6H2,(H,8,9,12). The predicted molar refractivity (Wildman–Crippen MR) is 47.8 cm³/mol. The van der Waals surface area contributed by atoms with Crippen LogP contribution >= 0.6 is 0 Å². The SMILES string of the molecule is O=S(O)(=[Se])OCc1ccccc1. The van der Waals surface area contributed by atoms with E-state index >= 15 is 0 Å². The van der Waals surface area contributed by atoms with Crippen molar-refractivity contribution in [3.8, 4) is 0 Å². The van der Waals surface area contributed by atoms with E-state index in [9.17, 15) is 4.21 Å². The van der Waals surface area contributed by atoms with E-state index in [0.717, 1.165) is 5.56 Å². The van der Waals surface area contributed by atoms with Crippen molar-refractivity contribution in [3.05, 3.63) is 35.9 Å². The fraction of sp³-hybridized carbons (Fsp3) is 0.143. The van der Waals surface area contributed by atoms with Crippen LogP contribution in [0.25, 0.3) is 0 Å². The predicted octanol–water partition coefficient (Wildman–Crippen LogP) is 0.959. The van der Waals surface area contributed by atoms with Crippen molar-refractivity contribution >= 4 is 22.8 Å². The second-order valence-corrected chi connectivity index (χ2v) is 5.92. The van der Waals surface area contributed by atoms with Crippen LogP contribution in [0.3, 0.4) is 0 Å². The van der Waals surface area contributed by atoms with Gasteiger partial charge in [-0.25, -0.2) is 0 Å². The molecular formula is C7H8O3SSe. The van der Waals surface area contributed by atoms with E-state index in [-0.39, 0.29) is 6.61 Å². The third-order valence-corrected chi connectivity index (χ3v) is 2.24. The molecule has 1 aromatic rings. The van der Waals surface area contributed by atoms with Crippen LogP contribution < -0.4 is 0 Å². The molecule has 0 saturated carbocycles. The van der Waals surface area contributed by atoms with Gasteiger partial charge in [0.25, 0.3) is 0 Å². The maximum absolute atomic E-state index is 10.6. The van der Waals surface area contributed by atoms with Gasteiger partial charge >= 0.3 is 78.2 Å². The van der Waals surface area contributed by atoms with E-state index in [0.29, 0.717) is 0 Å². The van der Waals surface area contributed by atoms with Gasteiger partial charge in [0.15, 0.2) is 0 Å². The van der Waals surface area contributed by atoms with Gasteiger partial charge in [-0.2, -0.15) is 0 Å². The molecule has 0 bridgehead atoms. The van der Waals surface area contributed by atoms with Crippen molar-refractivity contribution in [2.45, 2.75) is 6.61 Å². The first-order valence-corrected chi connectivity index (χ1v) is 6.70. The quantitative estimate of drug-likeness (QED) is 0.814. The van der Waals surface area contributed by atoms with Crippen LogP contribution in [0.4, 0.5) is 0 Å². The van der Waals surface area contributed by atoms with Gasteiger partial charge in [0.1, 0.15) is 0 Å². The van der Waals surface area contributed by atoms with Crippen molar-refractivity contribution in [2.75, 3.05) is 0 Å². The summed E-state index contributed by atoms with van der Waals surface area (Å²) >= 11 is 2.05. The summed E-state index contributed by atoms with van der Waals surface area (Å²) < 4.78 is 24.0. The molecule has 1 rings (SSSR count). The van der Waals surface area contributed by atoms with Crippen molar-refractivity contribution in [2.24, 2.45) is 0 Å². The molecule has 0 heterocycles. The van der Waals surface area contributed by atoms with Crippen molar-refractivity contribution in [1.82, 2.24) is 0 Å². The van der Waals surface area contributed by atoms with Gasteiger partial charge in [-0.05, 0) is 0 Å². The average Bonchev–Trinajstić information content (AvgIpc) is 2.02. The molecule has 0 fully saturated rings. The van der Waals surface area contributed by atoms with Crippen LogP contribution in [-0.4, -0.2) is 23.1 Å². The van der Waals surface area contributed by atoms with E-state index in [1.54, 1.807) is 0 Å². The fourth-order valence-electron chi connectivity index (χ4n) is 0.717. The van der Waals surface area contributed by atoms with E-state index < -0.39 is 8.42 Å². The number of rotatable bonds is 3. The van der Waals surface area contributed by atoms with Gasteiger partial charge in [-0.1, -0.05) is 0 Å². The Morgan fingerprint density at radius 3 is 2.50 bits per heavy atom. The molecule has 12 heavy (non-hydrogen) atoms. The van der Waals surface area contributed by atoms with Crippen LogP contribution in [0.5, 0.6) is 0 Å². The number of hydrogen-bond acceptors (Lipinski definition) is 2. The first-order chi connectivity index (χ1) is 5.58. The molecule has 0 aliphatic carbocycles. The summed E-state index contributed by atoms with van der Waals surface area (Å²) in [6.45, 7) is 0.142. The van der Waals surface area contributed by atoms with Crippen molar-refractivity contribution in [3.63, 3.8) is 0 Å². The zero-order valence-electron chi connectivity index (χ0n) is 6.17. The molecular weight excluding hydrogens is 243 g/mol. The van der Waals surface area contributed by atoms with E-state index in [1.165, 1.54) is 0 Å². The van der Waals surface area contributed by atoms with Gasteiger partial charge in [0, 0.05) is 0 Å².